The number of rotatable bonds is 7. The van der Waals surface area contributed by atoms with E-state index < -0.39 is 0 Å². The SMILES string of the molecule is CN(CC1CC1)CC1CCN(C(=O)CCC2CCCCO2)C1. The van der Waals surface area contributed by atoms with Gasteiger partial charge in [0, 0.05) is 39.2 Å². The fourth-order valence-electron chi connectivity index (χ4n) is 3.94. The first-order valence-electron chi connectivity index (χ1n) is 9.28. The molecule has 3 fully saturated rings. The third-order valence-corrected chi connectivity index (χ3v) is 5.43. The van der Waals surface area contributed by atoms with Crippen LogP contribution in [0.2, 0.25) is 0 Å². The molecule has 2 unspecified atom stereocenters. The van der Waals surface area contributed by atoms with Crippen molar-refractivity contribution >= 4 is 5.91 Å². The lowest BCUT2D eigenvalue weighted by Gasteiger charge is -2.24. The molecule has 4 nitrogen and oxygen atoms in total. The van der Waals surface area contributed by atoms with Crippen LogP contribution in [0, 0.1) is 11.8 Å². The van der Waals surface area contributed by atoms with E-state index in [1.165, 1.54) is 38.6 Å². The Morgan fingerprint density at radius 1 is 1.14 bits per heavy atom. The van der Waals surface area contributed by atoms with E-state index in [2.05, 4.69) is 16.8 Å². The van der Waals surface area contributed by atoms with Gasteiger partial charge in [-0.2, -0.15) is 0 Å². The monoisotopic (exact) mass is 308 g/mol. The molecule has 2 atom stereocenters. The molecule has 3 rings (SSSR count). The highest BCUT2D eigenvalue weighted by Gasteiger charge is 2.29. The zero-order valence-electron chi connectivity index (χ0n) is 14.1. The third kappa shape index (κ3) is 4.95. The Bertz CT molecular complexity index is 364. The first-order valence-corrected chi connectivity index (χ1v) is 9.28. The van der Waals surface area contributed by atoms with Gasteiger partial charge >= 0.3 is 0 Å². The standard InChI is InChI=1S/C18H32N2O2/c1-19(12-15-5-6-15)13-16-9-10-20(14-16)18(21)8-7-17-4-2-3-11-22-17/h15-17H,2-14H2,1H3. The highest BCUT2D eigenvalue weighted by molar-refractivity contribution is 5.76. The zero-order chi connectivity index (χ0) is 15.4. The summed E-state index contributed by atoms with van der Waals surface area (Å²) in [7, 11) is 2.24. The molecule has 2 saturated heterocycles. The van der Waals surface area contributed by atoms with Crippen molar-refractivity contribution < 1.29 is 9.53 Å². The van der Waals surface area contributed by atoms with Gasteiger partial charge in [0.1, 0.15) is 0 Å². The molecular weight excluding hydrogens is 276 g/mol. The van der Waals surface area contributed by atoms with Crippen LogP contribution in [0.1, 0.15) is 51.4 Å². The van der Waals surface area contributed by atoms with Crippen molar-refractivity contribution in [2.45, 2.75) is 57.5 Å². The van der Waals surface area contributed by atoms with Gasteiger partial charge in [-0.1, -0.05) is 0 Å². The topological polar surface area (TPSA) is 32.8 Å². The van der Waals surface area contributed by atoms with Crippen molar-refractivity contribution in [1.29, 1.82) is 0 Å². The van der Waals surface area contributed by atoms with Crippen molar-refractivity contribution in [3.8, 4) is 0 Å². The van der Waals surface area contributed by atoms with Gasteiger partial charge in [-0.05, 0) is 63.8 Å². The average Bonchev–Trinajstić information content (AvgIpc) is 3.21. The molecule has 1 amide bonds. The Hall–Kier alpha value is -0.610. The fourth-order valence-corrected chi connectivity index (χ4v) is 3.94. The van der Waals surface area contributed by atoms with Gasteiger partial charge in [-0.15, -0.1) is 0 Å². The van der Waals surface area contributed by atoms with E-state index in [1.807, 2.05) is 0 Å². The van der Waals surface area contributed by atoms with Crippen LogP contribution in [0.3, 0.4) is 0 Å². The Morgan fingerprint density at radius 2 is 1.95 bits per heavy atom. The van der Waals surface area contributed by atoms with E-state index in [9.17, 15) is 4.79 Å². The molecule has 3 aliphatic rings. The van der Waals surface area contributed by atoms with E-state index in [-0.39, 0.29) is 0 Å². The quantitative estimate of drug-likeness (QED) is 0.724. The lowest BCUT2D eigenvalue weighted by molar-refractivity contribution is -0.131. The molecule has 126 valence electrons. The zero-order valence-corrected chi connectivity index (χ0v) is 14.1. The van der Waals surface area contributed by atoms with E-state index in [4.69, 9.17) is 4.74 Å². The summed E-state index contributed by atoms with van der Waals surface area (Å²) in [5, 5.41) is 0. The van der Waals surface area contributed by atoms with Crippen molar-refractivity contribution in [2.24, 2.45) is 11.8 Å². The van der Waals surface area contributed by atoms with Crippen LogP contribution in [0.4, 0.5) is 0 Å². The maximum absolute atomic E-state index is 12.4. The van der Waals surface area contributed by atoms with Gasteiger partial charge in [0.15, 0.2) is 0 Å². The number of amides is 1. The number of carbonyl (C=O) groups excluding carboxylic acids is 1. The van der Waals surface area contributed by atoms with Crippen LogP contribution >= 0.6 is 0 Å². The summed E-state index contributed by atoms with van der Waals surface area (Å²) < 4.78 is 5.73. The molecule has 0 aromatic heterocycles. The number of ether oxygens (including phenoxy) is 1. The van der Waals surface area contributed by atoms with Crippen LogP contribution in [-0.4, -0.2) is 61.6 Å². The molecule has 1 saturated carbocycles. The second-order valence-electron chi connectivity index (χ2n) is 7.69. The minimum Gasteiger partial charge on any atom is -0.378 e. The maximum Gasteiger partial charge on any atom is 0.222 e. The predicted molar refractivity (Wildman–Crippen MR) is 87.7 cm³/mol. The predicted octanol–water partition coefficient (Wildman–Crippen LogP) is 2.53. The molecule has 2 heterocycles. The number of hydrogen-bond donors (Lipinski definition) is 0. The Balaban J connectivity index is 1.33. The lowest BCUT2D eigenvalue weighted by Crippen LogP contribution is -2.33. The van der Waals surface area contributed by atoms with Crippen molar-refractivity contribution in [3.05, 3.63) is 0 Å². The summed E-state index contributed by atoms with van der Waals surface area (Å²) in [6.45, 7) is 5.24. The van der Waals surface area contributed by atoms with E-state index in [1.54, 1.807) is 0 Å². The van der Waals surface area contributed by atoms with E-state index in [0.29, 0.717) is 24.3 Å². The summed E-state index contributed by atoms with van der Waals surface area (Å²) in [6, 6.07) is 0. The van der Waals surface area contributed by atoms with Gasteiger partial charge < -0.3 is 14.5 Å². The molecule has 0 bridgehead atoms. The summed E-state index contributed by atoms with van der Waals surface area (Å²) in [4.78, 5) is 16.9. The maximum atomic E-state index is 12.4. The highest BCUT2D eigenvalue weighted by atomic mass is 16.5. The van der Waals surface area contributed by atoms with E-state index in [0.717, 1.165) is 45.0 Å². The average molecular weight is 308 g/mol. The van der Waals surface area contributed by atoms with Crippen LogP contribution in [-0.2, 0) is 9.53 Å². The summed E-state index contributed by atoms with van der Waals surface area (Å²) in [5.41, 5.74) is 0. The normalized spacial score (nSPS) is 29.3. The van der Waals surface area contributed by atoms with Gasteiger partial charge in [-0.25, -0.2) is 0 Å². The second kappa shape index (κ2) is 7.78. The molecule has 0 N–H and O–H groups in total. The molecule has 1 aliphatic carbocycles. The molecule has 0 aromatic carbocycles. The Morgan fingerprint density at radius 3 is 2.68 bits per heavy atom. The number of likely N-dealkylation sites (tertiary alicyclic amines) is 1. The first-order chi connectivity index (χ1) is 10.7. The molecule has 0 spiro atoms. The summed E-state index contributed by atoms with van der Waals surface area (Å²) in [5.74, 6) is 1.99. The minimum atomic E-state index is 0.334. The molecular formula is C18H32N2O2. The van der Waals surface area contributed by atoms with Crippen molar-refractivity contribution in [2.75, 3.05) is 39.8 Å². The van der Waals surface area contributed by atoms with Gasteiger partial charge in [0.25, 0.3) is 0 Å². The van der Waals surface area contributed by atoms with Gasteiger partial charge in [-0.3, -0.25) is 4.79 Å². The Kier molecular flexibility index (Phi) is 5.75. The summed E-state index contributed by atoms with van der Waals surface area (Å²) >= 11 is 0. The molecule has 4 heteroatoms. The van der Waals surface area contributed by atoms with Crippen LogP contribution in [0.5, 0.6) is 0 Å². The second-order valence-corrected chi connectivity index (χ2v) is 7.69. The van der Waals surface area contributed by atoms with Crippen molar-refractivity contribution in [3.63, 3.8) is 0 Å². The van der Waals surface area contributed by atoms with Crippen LogP contribution < -0.4 is 0 Å². The van der Waals surface area contributed by atoms with Crippen molar-refractivity contribution in [1.82, 2.24) is 9.80 Å². The molecule has 2 aliphatic heterocycles. The highest BCUT2D eigenvalue weighted by Crippen LogP contribution is 2.30. The molecule has 22 heavy (non-hydrogen) atoms. The summed E-state index contributed by atoms with van der Waals surface area (Å²) in [6.07, 6.45) is 9.54. The van der Waals surface area contributed by atoms with Crippen LogP contribution in [0.15, 0.2) is 0 Å². The number of carbonyl (C=O) groups is 1. The smallest absolute Gasteiger partial charge is 0.222 e. The molecule has 0 aromatic rings. The third-order valence-electron chi connectivity index (χ3n) is 5.43. The number of hydrogen-bond acceptors (Lipinski definition) is 3. The first kappa shape index (κ1) is 16.3. The van der Waals surface area contributed by atoms with Gasteiger partial charge in [0.05, 0.1) is 6.10 Å². The fraction of sp³-hybridized carbons (Fsp3) is 0.944. The largest absolute Gasteiger partial charge is 0.378 e. The Labute approximate surface area is 135 Å². The van der Waals surface area contributed by atoms with E-state index >= 15 is 0 Å². The minimum absolute atomic E-state index is 0.334. The number of nitrogens with zero attached hydrogens (tertiary/aromatic N) is 2. The van der Waals surface area contributed by atoms with Gasteiger partial charge in [0.2, 0.25) is 5.91 Å². The lowest BCUT2D eigenvalue weighted by atomic mass is 10.0. The van der Waals surface area contributed by atoms with Crippen LogP contribution in [0.25, 0.3) is 0 Å². The molecule has 0 radical (unpaired) electrons.